The van der Waals surface area contributed by atoms with Crippen molar-refractivity contribution in [3.8, 4) is 5.75 Å². The van der Waals surface area contributed by atoms with Crippen molar-refractivity contribution in [1.29, 1.82) is 0 Å². The van der Waals surface area contributed by atoms with Crippen LogP contribution in [0.5, 0.6) is 5.75 Å². The van der Waals surface area contributed by atoms with E-state index in [1.807, 2.05) is 72.8 Å². The largest absolute Gasteiger partial charge is 0.507 e. The second-order valence-electron chi connectivity index (χ2n) is 8.95. The molecule has 0 aliphatic rings. The van der Waals surface area contributed by atoms with Crippen molar-refractivity contribution in [3.05, 3.63) is 137 Å². The highest BCUT2D eigenvalue weighted by atomic mass is 16.4. The Morgan fingerprint density at radius 2 is 1.21 bits per heavy atom. The second-order valence-corrected chi connectivity index (χ2v) is 8.95. The minimum atomic E-state index is -1.12. The summed E-state index contributed by atoms with van der Waals surface area (Å²) in [4.78, 5) is 12.1. The zero-order valence-electron chi connectivity index (χ0n) is 19.6. The molecule has 4 rings (SSSR count). The average Bonchev–Trinajstić information content (AvgIpc) is 2.88. The molecule has 0 aliphatic heterocycles. The van der Waals surface area contributed by atoms with Gasteiger partial charge in [-0.25, -0.2) is 4.79 Å². The summed E-state index contributed by atoms with van der Waals surface area (Å²) in [5.41, 5.74) is 4.86. The molecule has 3 heteroatoms. The van der Waals surface area contributed by atoms with Crippen molar-refractivity contribution >= 4 is 5.97 Å². The monoisotopic (exact) mass is 450 g/mol. The predicted molar refractivity (Wildman–Crippen MR) is 137 cm³/mol. The zero-order chi connectivity index (χ0) is 24.1. The molecule has 0 amide bonds. The Kier molecular flexibility index (Phi) is 7.12. The van der Waals surface area contributed by atoms with Gasteiger partial charge in [-0.1, -0.05) is 111 Å². The third-order valence-corrected chi connectivity index (χ3v) is 6.73. The van der Waals surface area contributed by atoms with E-state index < -0.39 is 5.97 Å². The van der Waals surface area contributed by atoms with Crippen molar-refractivity contribution in [1.82, 2.24) is 0 Å². The van der Waals surface area contributed by atoms with Gasteiger partial charge in [0.15, 0.2) is 0 Å². The normalized spacial score (nSPS) is 13.7. The molecular formula is C31H30O3. The lowest BCUT2D eigenvalue weighted by molar-refractivity contribution is 0.0693. The van der Waals surface area contributed by atoms with Crippen LogP contribution in [-0.4, -0.2) is 16.2 Å². The highest BCUT2D eigenvalue weighted by molar-refractivity contribution is 5.92. The summed E-state index contributed by atoms with van der Waals surface area (Å²) >= 11 is 0. The van der Waals surface area contributed by atoms with Gasteiger partial charge in [-0.2, -0.15) is 0 Å². The molecule has 3 unspecified atom stereocenters. The SMILES string of the molecule is CC(CC(c1ccccc1)c1cc(C(C)c2ccccc2)cc(C(=O)O)c1O)c1ccccc1. The number of phenols is 1. The number of carboxylic acids is 1. The van der Waals surface area contributed by atoms with E-state index in [1.54, 1.807) is 6.07 Å². The molecule has 0 fully saturated rings. The Balaban J connectivity index is 1.84. The molecule has 34 heavy (non-hydrogen) atoms. The first-order chi connectivity index (χ1) is 16.5. The van der Waals surface area contributed by atoms with E-state index in [-0.39, 0.29) is 29.1 Å². The Labute approximate surface area is 201 Å². The Morgan fingerprint density at radius 3 is 1.74 bits per heavy atom. The van der Waals surface area contributed by atoms with Gasteiger partial charge in [0.1, 0.15) is 11.3 Å². The van der Waals surface area contributed by atoms with E-state index in [0.717, 1.165) is 23.1 Å². The molecule has 0 spiro atoms. The molecule has 4 aromatic rings. The van der Waals surface area contributed by atoms with Crippen LogP contribution in [0.15, 0.2) is 103 Å². The van der Waals surface area contributed by atoms with Gasteiger partial charge in [0.25, 0.3) is 0 Å². The van der Waals surface area contributed by atoms with Gasteiger partial charge in [0.05, 0.1) is 0 Å². The van der Waals surface area contributed by atoms with Crippen molar-refractivity contribution in [2.45, 2.75) is 38.0 Å². The molecule has 3 nitrogen and oxygen atoms in total. The van der Waals surface area contributed by atoms with Gasteiger partial charge in [-0.15, -0.1) is 0 Å². The highest BCUT2D eigenvalue weighted by Crippen LogP contribution is 2.42. The zero-order valence-corrected chi connectivity index (χ0v) is 19.6. The lowest BCUT2D eigenvalue weighted by atomic mass is 9.79. The molecule has 0 aliphatic carbocycles. The number of aromatic carboxylic acids is 1. The number of carboxylic acid groups (broad SMARTS) is 1. The molecule has 0 aromatic heterocycles. The van der Waals surface area contributed by atoms with E-state index in [2.05, 4.69) is 38.1 Å². The summed E-state index contributed by atoms with van der Waals surface area (Å²) in [6, 6.07) is 34.0. The Hall–Kier alpha value is -3.85. The summed E-state index contributed by atoms with van der Waals surface area (Å²) < 4.78 is 0. The topological polar surface area (TPSA) is 57.5 Å². The summed E-state index contributed by atoms with van der Waals surface area (Å²) in [5, 5.41) is 21.1. The lowest BCUT2D eigenvalue weighted by Gasteiger charge is -2.25. The molecule has 3 atom stereocenters. The van der Waals surface area contributed by atoms with Crippen LogP contribution in [0.3, 0.4) is 0 Å². The summed E-state index contributed by atoms with van der Waals surface area (Å²) in [7, 11) is 0. The van der Waals surface area contributed by atoms with Crippen LogP contribution in [0.25, 0.3) is 0 Å². The van der Waals surface area contributed by atoms with E-state index >= 15 is 0 Å². The molecule has 0 radical (unpaired) electrons. The number of aromatic hydroxyl groups is 1. The van der Waals surface area contributed by atoms with E-state index in [4.69, 9.17) is 0 Å². The van der Waals surface area contributed by atoms with Crippen LogP contribution in [0.4, 0.5) is 0 Å². The molecule has 0 saturated carbocycles. The van der Waals surface area contributed by atoms with Gasteiger partial charge in [-0.05, 0) is 40.7 Å². The van der Waals surface area contributed by atoms with Gasteiger partial charge < -0.3 is 10.2 Å². The molecule has 0 heterocycles. The summed E-state index contributed by atoms with van der Waals surface area (Å²) in [5.74, 6) is -1.22. The number of benzene rings is 4. The van der Waals surface area contributed by atoms with Crippen LogP contribution >= 0.6 is 0 Å². The van der Waals surface area contributed by atoms with E-state index in [0.29, 0.717) is 5.56 Å². The second kappa shape index (κ2) is 10.4. The van der Waals surface area contributed by atoms with Gasteiger partial charge in [-0.3, -0.25) is 0 Å². The van der Waals surface area contributed by atoms with Crippen molar-refractivity contribution in [2.75, 3.05) is 0 Å². The van der Waals surface area contributed by atoms with Crippen LogP contribution in [0, 0.1) is 0 Å². The lowest BCUT2D eigenvalue weighted by Crippen LogP contribution is -2.11. The summed E-state index contributed by atoms with van der Waals surface area (Å²) in [6.45, 7) is 4.25. The van der Waals surface area contributed by atoms with Crippen LogP contribution in [0.1, 0.15) is 76.2 Å². The van der Waals surface area contributed by atoms with Crippen molar-refractivity contribution in [3.63, 3.8) is 0 Å². The van der Waals surface area contributed by atoms with Crippen LogP contribution in [-0.2, 0) is 0 Å². The molecular weight excluding hydrogens is 420 g/mol. The van der Waals surface area contributed by atoms with Gasteiger partial charge in [0.2, 0.25) is 0 Å². The van der Waals surface area contributed by atoms with E-state index in [9.17, 15) is 15.0 Å². The molecule has 0 bridgehead atoms. The molecule has 2 N–H and O–H groups in total. The number of hydrogen-bond donors (Lipinski definition) is 2. The highest BCUT2D eigenvalue weighted by Gasteiger charge is 2.26. The third-order valence-electron chi connectivity index (χ3n) is 6.73. The smallest absolute Gasteiger partial charge is 0.339 e. The number of rotatable bonds is 8. The first kappa shape index (κ1) is 23.3. The van der Waals surface area contributed by atoms with E-state index in [1.165, 1.54) is 5.56 Å². The number of hydrogen-bond acceptors (Lipinski definition) is 2. The fourth-order valence-corrected chi connectivity index (χ4v) is 4.69. The fraction of sp³-hybridized carbons (Fsp3) is 0.194. The third kappa shape index (κ3) is 5.04. The standard InChI is InChI=1S/C31H30O3/c1-21(23-12-6-3-7-13-23)18-27(25-16-10-5-11-17-25)28-19-26(20-29(30(28)32)31(33)34)22(2)24-14-8-4-9-15-24/h3-17,19-22,27,32H,18H2,1-2H3,(H,33,34). The first-order valence-electron chi connectivity index (χ1n) is 11.7. The predicted octanol–water partition coefficient (Wildman–Crippen LogP) is 7.57. The average molecular weight is 451 g/mol. The molecule has 172 valence electrons. The van der Waals surface area contributed by atoms with Crippen molar-refractivity contribution < 1.29 is 15.0 Å². The number of carbonyl (C=O) groups is 1. The first-order valence-corrected chi connectivity index (χ1v) is 11.7. The maximum atomic E-state index is 12.1. The quantitative estimate of drug-likeness (QED) is 0.291. The van der Waals surface area contributed by atoms with Crippen LogP contribution < -0.4 is 0 Å². The Bertz CT molecular complexity index is 1230. The van der Waals surface area contributed by atoms with Crippen molar-refractivity contribution in [2.24, 2.45) is 0 Å². The summed E-state index contributed by atoms with van der Waals surface area (Å²) in [6.07, 6.45) is 0.740. The molecule has 0 saturated heterocycles. The Morgan fingerprint density at radius 1 is 0.706 bits per heavy atom. The minimum Gasteiger partial charge on any atom is -0.507 e. The van der Waals surface area contributed by atoms with Crippen LogP contribution in [0.2, 0.25) is 0 Å². The van der Waals surface area contributed by atoms with Gasteiger partial charge in [0, 0.05) is 17.4 Å². The molecule has 4 aromatic carbocycles. The maximum Gasteiger partial charge on any atom is 0.339 e. The minimum absolute atomic E-state index is 0.0124. The maximum absolute atomic E-state index is 12.1. The van der Waals surface area contributed by atoms with Gasteiger partial charge >= 0.3 is 5.97 Å². The fourth-order valence-electron chi connectivity index (χ4n) is 4.69.